The Bertz CT molecular complexity index is 448. The first-order valence-corrected chi connectivity index (χ1v) is 7.84. The number of nitrogens with two attached hydrogens (primary N) is 1. The molecule has 1 heterocycles. The van der Waals surface area contributed by atoms with E-state index in [2.05, 4.69) is 9.89 Å². The molecule has 1 aliphatic heterocycles. The summed E-state index contributed by atoms with van der Waals surface area (Å²) in [6.45, 7) is 3.04. The molecule has 1 aliphatic rings. The number of methoxy groups -OCH3 is 1. The second kappa shape index (κ2) is 7.89. The summed E-state index contributed by atoms with van der Waals surface area (Å²) < 4.78 is 10.8. The summed E-state index contributed by atoms with van der Waals surface area (Å²) >= 11 is 1.96. The Morgan fingerprint density at radius 1 is 1.35 bits per heavy atom. The third-order valence-corrected chi connectivity index (χ3v) is 3.95. The van der Waals surface area contributed by atoms with Crippen LogP contribution in [-0.4, -0.2) is 55.7 Å². The van der Waals surface area contributed by atoms with Crippen LogP contribution in [0.4, 0.5) is 0 Å². The molecule has 2 N–H and O–H groups in total. The number of rotatable bonds is 5. The van der Waals surface area contributed by atoms with Gasteiger partial charge in [-0.15, -0.1) is 0 Å². The third kappa shape index (κ3) is 4.52. The summed E-state index contributed by atoms with van der Waals surface area (Å²) in [6.07, 6.45) is 0. The fourth-order valence-electron chi connectivity index (χ4n) is 1.91. The standard InChI is InChI=1S/C14H21N3O2S/c1-18-12-3-2-4-13(11-12)19-8-5-16-14(15)17-6-9-20-10-7-17/h2-4,11H,5-10H2,1H3,(H2,15,16). The highest BCUT2D eigenvalue weighted by molar-refractivity contribution is 7.99. The number of benzene rings is 1. The number of aliphatic imine (C=N–C) groups is 1. The van der Waals surface area contributed by atoms with Crippen LogP contribution >= 0.6 is 11.8 Å². The van der Waals surface area contributed by atoms with Gasteiger partial charge >= 0.3 is 0 Å². The molecule has 0 aliphatic carbocycles. The van der Waals surface area contributed by atoms with E-state index in [1.165, 1.54) is 0 Å². The third-order valence-electron chi connectivity index (χ3n) is 3.01. The number of thioether (sulfide) groups is 1. The van der Waals surface area contributed by atoms with Crippen LogP contribution in [0.2, 0.25) is 0 Å². The molecule has 5 nitrogen and oxygen atoms in total. The summed E-state index contributed by atoms with van der Waals surface area (Å²) in [5.74, 6) is 4.44. The maximum Gasteiger partial charge on any atom is 0.191 e. The Morgan fingerprint density at radius 3 is 2.85 bits per heavy atom. The normalized spacial score (nSPS) is 16.1. The predicted octanol–water partition coefficient (Wildman–Crippen LogP) is 1.44. The first kappa shape index (κ1) is 14.8. The molecule has 0 atom stereocenters. The zero-order valence-corrected chi connectivity index (χ0v) is 12.6. The molecule has 0 radical (unpaired) electrons. The Kier molecular flexibility index (Phi) is 5.86. The Balaban J connectivity index is 1.74. The van der Waals surface area contributed by atoms with E-state index in [0.29, 0.717) is 19.1 Å². The van der Waals surface area contributed by atoms with Crippen LogP contribution in [0.25, 0.3) is 0 Å². The Labute approximate surface area is 124 Å². The van der Waals surface area contributed by atoms with E-state index in [1.54, 1.807) is 7.11 Å². The second-order valence-electron chi connectivity index (χ2n) is 4.37. The van der Waals surface area contributed by atoms with Crippen molar-refractivity contribution in [1.29, 1.82) is 0 Å². The molecule has 0 amide bonds. The number of guanidine groups is 1. The Morgan fingerprint density at radius 2 is 2.10 bits per heavy atom. The van der Waals surface area contributed by atoms with E-state index in [9.17, 15) is 0 Å². The summed E-state index contributed by atoms with van der Waals surface area (Å²) in [7, 11) is 1.64. The van der Waals surface area contributed by atoms with Crippen molar-refractivity contribution in [3.8, 4) is 11.5 Å². The van der Waals surface area contributed by atoms with Crippen molar-refractivity contribution in [3.63, 3.8) is 0 Å². The average Bonchev–Trinajstić information content (AvgIpc) is 2.52. The van der Waals surface area contributed by atoms with Gasteiger partial charge in [0, 0.05) is 30.7 Å². The van der Waals surface area contributed by atoms with Gasteiger partial charge in [0.15, 0.2) is 5.96 Å². The predicted molar refractivity (Wildman–Crippen MR) is 83.9 cm³/mol. The van der Waals surface area contributed by atoms with E-state index in [-0.39, 0.29) is 0 Å². The molecule has 1 aromatic rings. The monoisotopic (exact) mass is 295 g/mol. The maximum atomic E-state index is 5.96. The molecule has 20 heavy (non-hydrogen) atoms. The maximum absolute atomic E-state index is 5.96. The van der Waals surface area contributed by atoms with Gasteiger partial charge in [0.1, 0.15) is 18.1 Å². The van der Waals surface area contributed by atoms with Gasteiger partial charge in [-0.25, -0.2) is 4.99 Å². The smallest absolute Gasteiger partial charge is 0.191 e. The minimum absolute atomic E-state index is 0.510. The van der Waals surface area contributed by atoms with Gasteiger partial charge in [-0.05, 0) is 12.1 Å². The second-order valence-corrected chi connectivity index (χ2v) is 5.59. The van der Waals surface area contributed by atoms with Crippen molar-refractivity contribution in [1.82, 2.24) is 4.90 Å². The lowest BCUT2D eigenvalue weighted by Crippen LogP contribution is -2.42. The highest BCUT2D eigenvalue weighted by atomic mass is 32.2. The summed E-state index contributed by atoms with van der Waals surface area (Å²) in [5.41, 5.74) is 5.96. The fraction of sp³-hybridized carbons (Fsp3) is 0.500. The molecule has 0 saturated carbocycles. The van der Waals surface area contributed by atoms with Gasteiger partial charge in [0.25, 0.3) is 0 Å². The van der Waals surface area contributed by atoms with Crippen LogP contribution in [0.15, 0.2) is 29.3 Å². The van der Waals surface area contributed by atoms with Crippen LogP contribution in [0.1, 0.15) is 0 Å². The van der Waals surface area contributed by atoms with Gasteiger partial charge in [-0.2, -0.15) is 11.8 Å². The molecule has 0 spiro atoms. The molecule has 110 valence electrons. The Hall–Kier alpha value is -1.56. The zero-order valence-electron chi connectivity index (χ0n) is 11.7. The van der Waals surface area contributed by atoms with E-state index in [1.807, 2.05) is 36.0 Å². The molecule has 6 heteroatoms. The van der Waals surface area contributed by atoms with Gasteiger partial charge < -0.3 is 20.1 Å². The number of hydrogen-bond donors (Lipinski definition) is 1. The highest BCUT2D eigenvalue weighted by Gasteiger charge is 2.11. The molecule has 0 unspecified atom stereocenters. The number of ether oxygens (including phenoxy) is 2. The molecule has 1 fully saturated rings. The van der Waals surface area contributed by atoms with Crippen LogP contribution in [-0.2, 0) is 0 Å². The van der Waals surface area contributed by atoms with Crippen molar-refractivity contribution < 1.29 is 9.47 Å². The molecule has 1 saturated heterocycles. The first-order chi connectivity index (χ1) is 9.79. The highest BCUT2D eigenvalue weighted by Crippen LogP contribution is 2.18. The minimum Gasteiger partial charge on any atom is -0.497 e. The van der Waals surface area contributed by atoms with Crippen molar-refractivity contribution in [3.05, 3.63) is 24.3 Å². The van der Waals surface area contributed by atoms with Crippen LogP contribution in [0.5, 0.6) is 11.5 Å². The van der Waals surface area contributed by atoms with Crippen LogP contribution < -0.4 is 15.2 Å². The molecular weight excluding hydrogens is 274 g/mol. The van der Waals surface area contributed by atoms with Crippen molar-refractivity contribution >= 4 is 17.7 Å². The molecule has 0 bridgehead atoms. The molecule has 1 aromatic carbocycles. The van der Waals surface area contributed by atoms with E-state index in [4.69, 9.17) is 15.2 Å². The number of hydrogen-bond acceptors (Lipinski definition) is 4. The van der Waals surface area contributed by atoms with Crippen molar-refractivity contribution in [2.45, 2.75) is 0 Å². The van der Waals surface area contributed by atoms with E-state index in [0.717, 1.165) is 36.1 Å². The molecule has 0 aromatic heterocycles. The van der Waals surface area contributed by atoms with E-state index >= 15 is 0 Å². The average molecular weight is 295 g/mol. The first-order valence-electron chi connectivity index (χ1n) is 6.69. The number of nitrogens with zero attached hydrogens (tertiary/aromatic N) is 2. The fourth-order valence-corrected chi connectivity index (χ4v) is 2.81. The lowest BCUT2D eigenvalue weighted by atomic mass is 10.3. The van der Waals surface area contributed by atoms with Gasteiger partial charge in [0.2, 0.25) is 0 Å². The van der Waals surface area contributed by atoms with Crippen LogP contribution in [0.3, 0.4) is 0 Å². The lowest BCUT2D eigenvalue weighted by Gasteiger charge is -2.27. The van der Waals surface area contributed by atoms with E-state index < -0.39 is 0 Å². The van der Waals surface area contributed by atoms with Crippen molar-refractivity contribution in [2.24, 2.45) is 10.7 Å². The summed E-state index contributed by atoms with van der Waals surface area (Å²) in [4.78, 5) is 6.49. The zero-order chi connectivity index (χ0) is 14.2. The van der Waals surface area contributed by atoms with Crippen molar-refractivity contribution in [2.75, 3.05) is 44.9 Å². The topological polar surface area (TPSA) is 60.1 Å². The molecular formula is C14H21N3O2S. The lowest BCUT2D eigenvalue weighted by molar-refractivity contribution is 0.324. The quantitative estimate of drug-likeness (QED) is 0.506. The van der Waals surface area contributed by atoms with Gasteiger partial charge in [-0.1, -0.05) is 6.07 Å². The SMILES string of the molecule is COc1cccc(OCCN=C(N)N2CCSCC2)c1. The largest absolute Gasteiger partial charge is 0.497 e. The van der Waals surface area contributed by atoms with Gasteiger partial charge in [-0.3, -0.25) is 0 Å². The summed E-state index contributed by atoms with van der Waals surface area (Å²) in [5, 5.41) is 0. The summed E-state index contributed by atoms with van der Waals surface area (Å²) in [6, 6.07) is 7.54. The van der Waals surface area contributed by atoms with Gasteiger partial charge in [0.05, 0.1) is 13.7 Å². The molecule has 2 rings (SSSR count). The minimum atomic E-state index is 0.510. The van der Waals surface area contributed by atoms with Crippen LogP contribution in [0, 0.1) is 0 Å².